The van der Waals surface area contributed by atoms with Gasteiger partial charge in [0, 0.05) is 25.2 Å². The smallest absolute Gasteiger partial charge is 0.246 e. The van der Waals surface area contributed by atoms with E-state index in [4.69, 9.17) is 9.47 Å². The Balaban J connectivity index is 1.31. The van der Waals surface area contributed by atoms with Crippen molar-refractivity contribution in [1.29, 1.82) is 0 Å². The molecular weight excluding hydrogens is 574 g/mol. The van der Waals surface area contributed by atoms with Crippen molar-refractivity contribution in [2.75, 3.05) is 41.0 Å². The lowest BCUT2D eigenvalue weighted by Crippen LogP contribution is -2.41. The van der Waals surface area contributed by atoms with Gasteiger partial charge in [-0.05, 0) is 93.9 Å². The first-order valence-corrected chi connectivity index (χ1v) is 16.8. The van der Waals surface area contributed by atoms with Gasteiger partial charge in [0.1, 0.15) is 12.4 Å². The Morgan fingerprint density at radius 1 is 0.932 bits per heavy atom. The molecule has 44 heavy (non-hydrogen) atoms. The molecule has 1 amide bonds. The van der Waals surface area contributed by atoms with Crippen molar-refractivity contribution < 1.29 is 22.7 Å². The molecule has 0 heterocycles. The van der Waals surface area contributed by atoms with Crippen LogP contribution >= 0.6 is 0 Å². The van der Waals surface area contributed by atoms with Crippen molar-refractivity contribution in [3.05, 3.63) is 95.1 Å². The minimum absolute atomic E-state index is 0.0993. The van der Waals surface area contributed by atoms with E-state index in [1.165, 1.54) is 9.87 Å². The summed E-state index contributed by atoms with van der Waals surface area (Å²) < 4.78 is 40.3. The molecule has 238 valence electrons. The van der Waals surface area contributed by atoms with Crippen LogP contribution in [-0.4, -0.2) is 70.5 Å². The van der Waals surface area contributed by atoms with Crippen LogP contribution in [0.3, 0.4) is 0 Å². The third kappa shape index (κ3) is 8.69. The number of rotatable bonds is 14. The number of amides is 1. The van der Waals surface area contributed by atoms with E-state index in [-0.39, 0.29) is 43.1 Å². The van der Waals surface area contributed by atoms with Gasteiger partial charge in [-0.25, -0.2) is 8.42 Å². The van der Waals surface area contributed by atoms with Crippen LogP contribution in [0.4, 0.5) is 0 Å². The van der Waals surface area contributed by atoms with Crippen LogP contribution < -0.4 is 10.1 Å². The highest BCUT2D eigenvalue weighted by molar-refractivity contribution is 7.89. The number of carbonyl (C=O) groups is 1. The van der Waals surface area contributed by atoms with Gasteiger partial charge in [-0.2, -0.15) is 4.31 Å². The van der Waals surface area contributed by atoms with Gasteiger partial charge in [-0.15, -0.1) is 0 Å². The second-order valence-corrected chi connectivity index (χ2v) is 13.8. The van der Waals surface area contributed by atoms with Crippen molar-refractivity contribution in [1.82, 2.24) is 14.5 Å². The molecule has 1 unspecified atom stereocenters. The van der Waals surface area contributed by atoms with Gasteiger partial charge in [-0.3, -0.25) is 4.79 Å². The second kappa shape index (κ2) is 15.7. The quantitative estimate of drug-likeness (QED) is 0.239. The molecule has 8 nitrogen and oxygen atoms in total. The largest absolute Gasteiger partial charge is 0.497 e. The predicted octanol–water partition coefficient (Wildman–Crippen LogP) is 5.50. The fourth-order valence-corrected chi connectivity index (χ4v) is 8.28. The summed E-state index contributed by atoms with van der Waals surface area (Å²) in [6, 6.07) is 24.1. The van der Waals surface area contributed by atoms with E-state index >= 15 is 0 Å². The first-order valence-electron chi connectivity index (χ1n) is 15.4. The van der Waals surface area contributed by atoms with Gasteiger partial charge >= 0.3 is 0 Å². The molecule has 1 N–H and O–H groups in total. The number of methoxy groups -OCH3 is 1. The van der Waals surface area contributed by atoms with Crippen LogP contribution in [0.1, 0.15) is 54.0 Å². The predicted molar refractivity (Wildman–Crippen MR) is 174 cm³/mol. The van der Waals surface area contributed by atoms with Crippen LogP contribution in [0.15, 0.2) is 77.7 Å². The summed E-state index contributed by atoms with van der Waals surface area (Å²) >= 11 is 0. The summed E-state index contributed by atoms with van der Waals surface area (Å²) in [6.45, 7) is 3.86. The van der Waals surface area contributed by atoms with Gasteiger partial charge < -0.3 is 19.7 Å². The lowest BCUT2D eigenvalue weighted by atomic mass is 9.78. The summed E-state index contributed by atoms with van der Waals surface area (Å²) in [4.78, 5) is 15.3. The molecule has 4 rings (SSSR count). The number of hydrogen-bond acceptors (Lipinski definition) is 6. The molecule has 9 heteroatoms. The lowest BCUT2D eigenvalue weighted by molar-refractivity contribution is -0.126. The third-order valence-electron chi connectivity index (χ3n) is 8.47. The maximum atomic E-state index is 13.9. The monoisotopic (exact) mass is 621 g/mol. The van der Waals surface area contributed by atoms with E-state index in [2.05, 4.69) is 48.6 Å². The van der Waals surface area contributed by atoms with Crippen LogP contribution in [0, 0.1) is 19.8 Å². The average molecular weight is 622 g/mol. The van der Waals surface area contributed by atoms with E-state index in [1.807, 2.05) is 36.4 Å². The molecule has 3 aromatic carbocycles. The van der Waals surface area contributed by atoms with E-state index in [0.29, 0.717) is 28.8 Å². The van der Waals surface area contributed by atoms with Gasteiger partial charge in [0.05, 0.1) is 18.6 Å². The highest BCUT2D eigenvalue weighted by Crippen LogP contribution is 2.37. The van der Waals surface area contributed by atoms with Crippen LogP contribution in [0.5, 0.6) is 5.75 Å². The molecule has 0 aromatic heterocycles. The van der Waals surface area contributed by atoms with Gasteiger partial charge in [0.15, 0.2) is 0 Å². The number of nitrogens with one attached hydrogen (secondary N) is 1. The van der Waals surface area contributed by atoms with Crippen molar-refractivity contribution in [2.24, 2.45) is 5.92 Å². The zero-order valence-corrected chi connectivity index (χ0v) is 27.5. The van der Waals surface area contributed by atoms with E-state index < -0.39 is 10.0 Å². The van der Waals surface area contributed by atoms with Crippen LogP contribution in [-0.2, 0) is 26.1 Å². The van der Waals surface area contributed by atoms with Gasteiger partial charge in [0.2, 0.25) is 15.9 Å². The van der Waals surface area contributed by atoms with Crippen molar-refractivity contribution in [3.8, 4) is 5.75 Å². The van der Waals surface area contributed by atoms with Crippen LogP contribution in [0.2, 0.25) is 0 Å². The summed E-state index contributed by atoms with van der Waals surface area (Å²) in [5, 5.41) is 3.14. The van der Waals surface area contributed by atoms with Gasteiger partial charge in [0.25, 0.3) is 0 Å². The molecule has 3 aromatic rings. The minimum Gasteiger partial charge on any atom is -0.497 e. The Bertz CT molecular complexity index is 1430. The lowest BCUT2D eigenvalue weighted by Gasteiger charge is -2.37. The van der Waals surface area contributed by atoms with Crippen LogP contribution in [0.25, 0.3) is 0 Å². The fraction of sp³-hybridized carbons (Fsp3) is 0.457. The maximum Gasteiger partial charge on any atom is 0.246 e. The molecular formula is C35H47N3O5S. The molecule has 1 aliphatic carbocycles. The van der Waals surface area contributed by atoms with Crippen molar-refractivity contribution in [3.63, 3.8) is 0 Å². The summed E-state index contributed by atoms with van der Waals surface area (Å²) in [5.74, 6) is 0.984. The Morgan fingerprint density at radius 2 is 1.52 bits per heavy atom. The van der Waals surface area contributed by atoms with Crippen molar-refractivity contribution >= 4 is 15.9 Å². The molecule has 0 bridgehead atoms. The molecule has 1 atom stereocenters. The van der Waals surface area contributed by atoms with Gasteiger partial charge in [-0.1, -0.05) is 60.7 Å². The number of aryl methyl sites for hydroxylation is 2. The fourth-order valence-electron chi connectivity index (χ4n) is 6.46. The highest BCUT2D eigenvalue weighted by Gasteiger charge is 2.31. The average Bonchev–Trinajstić information content (AvgIpc) is 3.00. The zero-order valence-electron chi connectivity index (χ0n) is 26.7. The Labute approximate surface area is 263 Å². The molecule has 0 saturated heterocycles. The first kappa shape index (κ1) is 33.6. The summed E-state index contributed by atoms with van der Waals surface area (Å²) in [5.41, 5.74) is 3.45. The molecule has 1 fully saturated rings. The number of benzene rings is 3. The van der Waals surface area contributed by atoms with E-state index in [0.717, 1.165) is 31.2 Å². The van der Waals surface area contributed by atoms with E-state index in [9.17, 15) is 13.2 Å². The third-order valence-corrected chi connectivity index (χ3v) is 10.6. The zero-order chi connectivity index (χ0) is 31.7. The number of hydrogen-bond donors (Lipinski definition) is 1. The Kier molecular flexibility index (Phi) is 12.0. The molecule has 0 radical (unpaired) electrons. The number of sulfonamides is 1. The summed E-state index contributed by atoms with van der Waals surface area (Å²) in [6.07, 6.45) is 3.94. The van der Waals surface area contributed by atoms with Crippen molar-refractivity contribution in [2.45, 2.75) is 63.1 Å². The minimum atomic E-state index is -3.85. The Morgan fingerprint density at radius 3 is 2.09 bits per heavy atom. The Hall–Kier alpha value is -3.24. The topological polar surface area (TPSA) is 88.2 Å². The number of ether oxygens (including phenoxy) is 2. The number of carbonyl (C=O) groups excluding carboxylic acids is 1. The molecule has 1 aliphatic rings. The molecule has 1 saturated carbocycles. The number of nitrogens with zero attached hydrogens (tertiary/aromatic N) is 2. The molecule has 0 spiro atoms. The van der Waals surface area contributed by atoms with E-state index in [1.54, 1.807) is 33.1 Å². The highest BCUT2D eigenvalue weighted by atomic mass is 32.2. The molecule has 0 aliphatic heterocycles. The normalized spacial score (nSPS) is 17.9. The maximum absolute atomic E-state index is 13.9. The SMILES string of the molecule is COc1cc(C)c(S(=O)(=O)N(CCOCC(=O)NC2CCC(C(c3ccccc3)N(C)C)CC2)Cc2ccccc2)c(C)c1. The second-order valence-electron chi connectivity index (χ2n) is 12.0. The summed E-state index contributed by atoms with van der Waals surface area (Å²) in [7, 11) is 1.98. The first-order chi connectivity index (χ1) is 21.1. The standard InChI is InChI=1S/C35H47N3O5S/c1-26-22-32(42-5)23-27(2)35(26)44(40,41)38(24-28-12-8-6-9-13-28)20-21-43-25-33(39)36-31-18-16-30(17-19-31)34(37(3)4)29-14-10-7-11-15-29/h6-15,22-23,30-31,34H,16-21,24-25H2,1-5H3,(H,36,39).